The first-order valence-electron chi connectivity index (χ1n) is 5.03. The van der Waals surface area contributed by atoms with E-state index < -0.39 is 30.3 Å². The van der Waals surface area contributed by atoms with E-state index in [1.54, 1.807) is 0 Å². The van der Waals surface area contributed by atoms with E-state index in [1.807, 2.05) is 0 Å². The van der Waals surface area contributed by atoms with Crippen LogP contribution in [-0.2, 0) is 0 Å². The summed E-state index contributed by atoms with van der Waals surface area (Å²) in [6.07, 6.45) is 0. The SMILES string of the molecule is O=[N+]([O-])c1ccc(Cl)cc1NC(CO)(CO)CO. The minimum atomic E-state index is -1.45. The second-order valence-electron chi connectivity index (χ2n) is 3.80. The predicted molar refractivity (Wildman–Crippen MR) is 65.7 cm³/mol. The van der Waals surface area contributed by atoms with Gasteiger partial charge in [0.1, 0.15) is 11.2 Å². The molecule has 0 saturated carbocycles. The Hall–Kier alpha value is -1.41. The minimum absolute atomic E-state index is 0.0182. The number of nitrogens with zero attached hydrogens (tertiary/aromatic N) is 1. The summed E-state index contributed by atoms with van der Waals surface area (Å²) in [6.45, 7) is -1.78. The third-order valence-electron chi connectivity index (χ3n) is 2.46. The number of nitrogens with one attached hydrogen (secondary N) is 1. The number of nitro benzene ring substituents is 1. The second kappa shape index (κ2) is 5.96. The predicted octanol–water partition coefficient (Wildman–Crippen LogP) is 0.376. The van der Waals surface area contributed by atoms with Gasteiger partial charge in [0.05, 0.1) is 24.7 Å². The van der Waals surface area contributed by atoms with Crippen LogP contribution in [0.3, 0.4) is 0 Å². The highest BCUT2D eigenvalue weighted by molar-refractivity contribution is 6.31. The Labute approximate surface area is 108 Å². The van der Waals surface area contributed by atoms with Crippen LogP contribution < -0.4 is 5.32 Å². The Bertz CT molecular complexity index is 428. The Morgan fingerprint density at radius 1 is 1.28 bits per heavy atom. The topological polar surface area (TPSA) is 116 Å². The van der Waals surface area contributed by atoms with E-state index in [1.165, 1.54) is 18.2 Å². The molecule has 4 N–H and O–H groups in total. The first-order valence-corrected chi connectivity index (χ1v) is 5.40. The number of benzene rings is 1. The van der Waals surface area contributed by atoms with E-state index in [4.69, 9.17) is 26.9 Å². The normalized spacial score (nSPS) is 11.3. The number of nitro groups is 1. The summed E-state index contributed by atoms with van der Waals surface area (Å²) >= 11 is 5.73. The van der Waals surface area contributed by atoms with Crippen LogP contribution in [0.2, 0.25) is 5.02 Å². The molecule has 0 heterocycles. The largest absolute Gasteiger partial charge is 0.394 e. The zero-order valence-electron chi connectivity index (χ0n) is 9.34. The third kappa shape index (κ3) is 3.08. The highest BCUT2D eigenvalue weighted by Crippen LogP contribution is 2.29. The summed E-state index contributed by atoms with van der Waals surface area (Å²) < 4.78 is 0. The number of anilines is 1. The van der Waals surface area contributed by atoms with Crippen LogP contribution >= 0.6 is 11.6 Å². The van der Waals surface area contributed by atoms with Crippen molar-refractivity contribution in [2.24, 2.45) is 0 Å². The number of hydrogen-bond acceptors (Lipinski definition) is 6. The number of aliphatic hydroxyl groups excluding tert-OH is 3. The van der Waals surface area contributed by atoms with E-state index in [0.29, 0.717) is 0 Å². The molecule has 1 aromatic rings. The van der Waals surface area contributed by atoms with Crippen molar-refractivity contribution in [2.45, 2.75) is 5.54 Å². The molecule has 1 rings (SSSR count). The first-order chi connectivity index (χ1) is 8.48. The zero-order valence-corrected chi connectivity index (χ0v) is 10.1. The summed E-state index contributed by atoms with van der Waals surface area (Å²) in [4.78, 5) is 10.2. The zero-order chi connectivity index (χ0) is 13.8. The summed E-state index contributed by atoms with van der Waals surface area (Å²) in [5.41, 5.74) is -1.70. The van der Waals surface area contributed by atoms with Crippen molar-refractivity contribution in [3.63, 3.8) is 0 Å². The van der Waals surface area contributed by atoms with Crippen molar-refractivity contribution in [1.29, 1.82) is 0 Å². The molecule has 0 saturated heterocycles. The maximum atomic E-state index is 10.8. The van der Waals surface area contributed by atoms with Gasteiger partial charge in [-0.2, -0.15) is 0 Å². The molecule has 0 atom stereocenters. The molecule has 8 heteroatoms. The molecule has 1 aromatic carbocycles. The van der Waals surface area contributed by atoms with Gasteiger partial charge in [-0.3, -0.25) is 10.1 Å². The average molecular weight is 277 g/mol. The molecule has 0 aromatic heterocycles. The van der Waals surface area contributed by atoms with Gasteiger partial charge in [0.2, 0.25) is 0 Å². The summed E-state index contributed by atoms with van der Waals surface area (Å²) in [5, 5.41) is 41.1. The van der Waals surface area contributed by atoms with Crippen molar-refractivity contribution in [3.8, 4) is 0 Å². The van der Waals surface area contributed by atoms with Crippen LogP contribution in [0.4, 0.5) is 11.4 Å². The van der Waals surface area contributed by atoms with Gasteiger partial charge in [0.15, 0.2) is 0 Å². The lowest BCUT2D eigenvalue weighted by molar-refractivity contribution is -0.384. The van der Waals surface area contributed by atoms with Crippen LogP contribution in [0.1, 0.15) is 0 Å². The molecule has 0 bridgehead atoms. The van der Waals surface area contributed by atoms with E-state index >= 15 is 0 Å². The van der Waals surface area contributed by atoms with Gasteiger partial charge < -0.3 is 20.6 Å². The number of halogens is 1. The Morgan fingerprint density at radius 3 is 2.28 bits per heavy atom. The standard InChI is InChI=1S/C10H13ClN2O5/c11-7-1-2-9(13(17)18)8(3-7)12-10(4-14,5-15)6-16/h1-3,12,14-16H,4-6H2. The maximum Gasteiger partial charge on any atom is 0.292 e. The van der Waals surface area contributed by atoms with E-state index in [9.17, 15) is 10.1 Å². The fourth-order valence-corrected chi connectivity index (χ4v) is 1.49. The lowest BCUT2D eigenvalue weighted by Crippen LogP contribution is -2.49. The smallest absolute Gasteiger partial charge is 0.292 e. The number of rotatable bonds is 6. The Morgan fingerprint density at radius 2 is 1.83 bits per heavy atom. The van der Waals surface area contributed by atoms with Gasteiger partial charge in [-0.25, -0.2) is 0 Å². The monoisotopic (exact) mass is 276 g/mol. The third-order valence-corrected chi connectivity index (χ3v) is 2.70. The van der Waals surface area contributed by atoms with Crippen LogP contribution in [0.5, 0.6) is 0 Å². The maximum absolute atomic E-state index is 10.8. The van der Waals surface area contributed by atoms with Crippen LogP contribution in [0.25, 0.3) is 0 Å². The molecule has 7 nitrogen and oxygen atoms in total. The van der Waals surface area contributed by atoms with Gasteiger partial charge in [-0.1, -0.05) is 11.6 Å². The summed E-state index contributed by atoms with van der Waals surface area (Å²) in [7, 11) is 0. The van der Waals surface area contributed by atoms with Crippen molar-refractivity contribution in [2.75, 3.05) is 25.1 Å². The van der Waals surface area contributed by atoms with Gasteiger partial charge in [-0.15, -0.1) is 0 Å². The summed E-state index contributed by atoms with van der Waals surface area (Å²) in [5.74, 6) is 0. The van der Waals surface area contributed by atoms with E-state index in [2.05, 4.69) is 5.32 Å². The molecule has 0 aliphatic carbocycles. The quantitative estimate of drug-likeness (QED) is 0.441. The van der Waals surface area contributed by atoms with Crippen LogP contribution in [0.15, 0.2) is 18.2 Å². The summed E-state index contributed by atoms with van der Waals surface area (Å²) in [6, 6.07) is 3.83. The van der Waals surface area contributed by atoms with E-state index in [0.717, 1.165) is 0 Å². The average Bonchev–Trinajstić information content (AvgIpc) is 2.36. The molecule has 0 aliphatic rings. The van der Waals surface area contributed by atoms with Crippen LogP contribution in [0, 0.1) is 10.1 Å². The lowest BCUT2D eigenvalue weighted by atomic mass is 10.0. The molecule has 100 valence electrons. The molecule has 0 fully saturated rings. The van der Waals surface area contributed by atoms with Gasteiger partial charge in [-0.05, 0) is 12.1 Å². The molecular formula is C10H13ClN2O5. The van der Waals surface area contributed by atoms with Crippen molar-refractivity contribution >= 4 is 23.0 Å². The number of hydrogen-bond donors (Lipinski definition) is 4. The van der Waals surface area contributed by atoms with Gasteiger partial charge >= 0.3 is 0 Å². The highest BCUT2D eigenvalue weighted by atomic mass is 35.5. The number of aliphatic hydroxyl groups is 3. The van der Waals surface area contributed by atoms with Crippen molar-refractivity contribution in [1.82, 2.24) is 0 Å². The van der Waals surface area contributed by atoms with Crippen molar-refractivity contribution in [3.05, 3.63) is 33.3 Å². The second-order valence-corrected chi connectivity index (χ2v) is 4.23. The minimum Gasteiger partial charge on any atom is -0.394 e. The van der Waals surface area contributed by atoms with Gasteiger partial charge in [0.25, 0.3) is 5.69 Å². The molecular weight excluding hydrogens is 264 g/mol. The lowest BCUT2D eigenvalue weighted by Gasteiger charge is -2.29. The van der Waals surface area contributed by atoms with E-state index in [-0.39, 0.29) is 16.4 Å². The molecule has 0 radical (unpaired) electrons. The molecule has 0 aliphatic heterocycles. The van der Waals surface area contributed by atoms with Crippen LogP contribution in [-0.4, -0.2) is 45.6 Å². The fraction of sp³-hybridized carbons (Fsp3) is 0.400. The highest BCUT2D eigenvalue weighted by Gasteiger charge is 2.30. The molecule has 0 unspecified atom stereocenters. The first kappa shape index (κ1) is 14.7. The Kier molecular flexibility index (Phi) is 4.85. The molecule has 0 spiro atoms. The molecule has 18 heavy (non-hydrogen) atoms. The molecule has 0 amide bonds. The van der Waals surface area contributed by atoms with Crippen molar-refractivity contribution < 1.29 is 20.2 Å². The Balaban J connectivity index is 3.16. The van der Waals surface area contributed by atoms with Gasteiger partial charge in [0, 0.05) is 11.1 Å². The fourth-order valence-electron chi connectivity index (χ4n) is 1.32.